The highest BCUT2D eigenvalue weighted by Gasteiger charge is 2.13. The molecule has 0 radical (unpaired) electrons. The van der Waals surface area contributed by atoms with Gasteiger partial charge in [0.15, 0.2) is 0 Å². The molecule has 0 aromatic heterocycles. The molecule has 0 N–H and O–H groups in total. The highest BCUT2D eigenvalue weighted by atomic mass is 14.2. The molecule has 0 saturated heterocycles. The van der Waals surface area contributed by atoms with Crippen LogP contribution in [-0.4, -0.2) is 0 Å². The van der Waals surface area contributed by atoms with Gasteiger partial charge < -0.3 is 0 Å². The number of hydrogen-bond donors (Lipinski definition) is 0. The van der Waals surface area contributed by atoms with Crippen LogP contribution in [0.15, 0.2) is 66.7 Å². The first-order valence-corrected chi connectivity index (χ1v) is 8.14. The van der Waals surface area contributed by atoms with E-state index in [9.17, 15) is 0 Å². The topological polar surface area (TPSA) is 0 Å². The summed E-state index contributed by atoms with van der Waals surface area (Å²) < 4.78 is 0. The Morgan fingerprint density at radius 3 is 1.74 bits per heavy atom. The average Bonchev–Trinajstić information content (AvgIpc) is 2.56. The minimum Gasteiger partial charge on any atom is -0.0622 e. The minimum atomic E-state index is 1.30. The lowest BCUT2D eigenvalue weighted by Gasteiger charge is -2.16. The predicted octanol–water partition coefficient (Wildman–Crippen LogP) is 6.59. The van der Waals surface area contributed by atoms with E-state index in [0.29, 0.717) is 0 Å². The van der Waals surface area contributed by atoms with Crippen molar-refractivity contribution in [3.8, 4) is 11.1 Å². The molecule has 0 nitrogen and oxygen atoms in total. The molecule has 0 saturated carbocycles. The Balaban J connectivity index is 2.26. The third-order valence-electron chi connectivity index (χ3n) is 4.75. The molecule has 0 aliphatic carbocycles. The van der Waals surface area contributed by atoms with Crippen molar-refractivity contribution in [2.24, 2.45) is 0 Å². The normalized spacial score (nSPS) is 11.3. The second-order valence-corrected chi connectivity index (χ2v) is 6.46. The second kappa shape index (κ2) is 5.24. The summed E-state index contributed by atoms with van der Waals surface area (Å²) >= 11 is 0. The zero-order valence-electron chi connectivity index (χ0n) is 13.9. The van der Waals surface area contributed by atoms with Gasteiger partial charge in [0.1, 0.15) is 0 Å². The Bertz CT molecular complexity index is 1020. The summed E-state index contributed by atoms with van der Waals surface area (Å²) in [5.74, 6) is 0. The van der Waals surface area contributed by atoms with E-state index in [2.05, 4.69) is 87.5 Å². The van der Waals surface area contributed by atoms with E-state index in [1.807, 2.05) is 0 Å². The molecule has 112 valence electrons. The first-order valence-electron chi connectivity index (χ1n) is 8.14. The van der Waals surface area contributed by atoms with E-state index in [1.165, 1.54) is 49.4 Å². The van der Waals surface area contributed by atoms with Crippen molar-refractivity contribution in [1.29, 1.82) is 0 Å². The van der Waals surface area contributed by atoms with Gasteiger partial charge >= 0.3 is 0 Å². The van der Waals surface area contributed by atoms with Crippen LogP contribution in [0.25, 0.3) is 32.7 Å². The lowest BCUT2D eigenvalue weighted by atomic mass is 9.87. The Morgan fingerprint density at radius 2 is 1.09 bits per heavy atom. The van der Waals surface area contributed by atoms with Gasteiger partial charge in [0, 0.05) is 0 Å². The summed E-state index contributed by atoms with van der Waals surface area (Å²) in [6.45, 7) is 6.59. The quantitative estimate of drug-likeness (QED) is 0.348. The summed E-state index contributed by atoms with van der Waals surface area (Å²) in [6, 6.07) is 24.4. The Kier molecular flexibility index (Phi) is 3.20. The maximum atomic E-state index is 2.32. The number of aryl methyl sites for hydroxylation is 3. The van der Waals surface area contributed by atoms with Gasteiger partial charge in [-0.25, -0.2) is 0 Å². The molecule has 0 aliphatic heterocycles. The molecule has 4 aromatic rings. The Morgan fingerprint density at radius 1 is 0.522 bits per heavy atom. The molecule has 23 heavy (non-hydrogen) atoms. The first kappa shape index (κ1) is 14.0. The van der Waals surface area contributed by atoms with E-state index in [4.69, 9.17) is 0 Å². The van der Waals surface area contributed by atoms with Crippen molar-refractivity contribution >= 4 is 21.5 Å². The van der Waals surface area contributed by atoms with Crippen LogP contribution < -0.4 is 0 Å². The molecule has 0 heteroatoms. The van der Waals surface area contributed by atoms with Gasteiger partial charge in [0.05, 0.1) is 0 Å². The number of rotatable bonds is 1. The lowest BCUT2D eigenvalue weighted by molar-refractivity contribution is 1.46. The molecule has 0 atom stereocenters. The molecule has 0 heterocycles. The minimum absolute atomic E-state index is 1.30. The Labute approximate surface area is 137 Å². The van der Waals surface area contributed by atoms with Gasteiger partial charge in [-0.1, -0.05) is 77.9 Å². The number of fused-ring (bicyclic) bond motifs is 3. The fourth-order valence-corrected chi connectivity index (χ4v) is 3.62. The molecule has 0 amide bonds. The van der Waals surface area contributed by atoms with Gasteiger partial charge in [0.25, 0.3) is 0 Å². The van der Waals surface area contributed by atoms with Crippen LogP contribution in [0.3, 0.4) is 0 Å². The maximum Gasteiger partial charge on any atom is -0.00696 e. The molecule has 0 bridgehead atoms. The fraction of sp³-hybridized carbons (Fsp3) is 0.130. The molecule has 0 aliphatic rings. The number of benzene rings is 4. The SMILES string of the molecule is Cc1ccc2c(c1)c(C)c(-c1ccccc1)c1cc(C)ccc12. The van der Waals surface area contributed by atoms with Gasteiger partial charge in [-0.3, -0.25) is 0 Å². The van der Waals surface area contributed by atoms with E-state index in [-0.39, 0.29) is 0 Å². The molecule has 0 unspecified atom stereocenters. The number of hydrogen-bond acceptors (Lipinski definition) is 0. The smallest absolute Gasteiger partial charge is 0.00696 e. The van der Waals surface area contributed by atoms with Crippen LogP contribution in [0.4, 0.5) is 0 Å². The summed E-state index contributed by atoms with van der Waals surface area (Å²) in [7, 11) is 0. The van der Waals surface area contributed by atoms with Gasteiger partial charge in [-0.2, -0.15) is 0 Å². The summed E-state index contributed by atoms with van der Waals surface area (Å²) in [5.41, 5.74) is 6.64. The van der Waals surface area contributed by atoms with E-state index in [0.717, 1.165) is 0 Å². The van der Waals surface area contributed by atoms with Gasteiger partial charge in [-0.05, 0) is 59.0 Å². The van der Waals surface area contributed by atoms with Crippen molar-refractivity contribution in [3.63, 3.8) is 0 Å². The predicted molar refractivity (Wildman–Crippen MR) is 101 cm³/mol. The molecule has 0 spiro atoms. The van der Waals surface area contributed by atoms with Crippen LogP contribution in [0.5, 0.6) is 0 Å². The molecule has 4 aromatic carbocycles. The van der Waals surface area contributed by atoms with Crippen LogP contribution >= 0.6 is 0 Å². The highest BCUT2D eigenvalue weighted by molar-refractivity contribution is 6.16. The zero-order valence-corrected chi connectivity index (χ0v) is 13.9. The van der Waals surface area contributed by atoms with E-state index in [1.54, 1.807) is 0 Å². The van der Waals surface area contributed by atoms with Crippen molar-refractivity contribution in [1.82, 2.24) is 0 Å². The fourth-order valence-electron chi connectivity index (χ4n) is 3.62. The Hall–Kier alpha value is -2.60. The van der Waals surface area contributed by atoms with Crippen molar-refractivity contribution in [2.75, 3.05) is 0 Å². The third-order valence-corrected chi connectivity index (χ3v) is 4.75. The molecular formula is C23H20. The van der Waals surface area contributed by atoms with Crippen molar-refractivity contribution < 1.29 is 0 Å². The average molecular weight is 296 g/mol. The highest BCUT2D eigenvalue weighted by Crippen LogP contribution is 2.39. The van der Waals surface area contributed by atoms with Crippen LogP contribution in [0.2, 0.25) is 0 Å². The molecule has 0 fully saturated rings. The van der Waals surface area contributed by atoms with E-state index >= 15 is 0 Å². The van der Waals surface area contributed by atoms with Crippen LogP contribution in [0.1, 0.15) is 16.7 Å². The maximum absolute atomic E-state index is 2.32. The van der Waals surface area contributed by atoms with Crippen molar-refractivity contribution in [3.05, 3.63) is 83.4 Å². The third kappa shape index (κ3) is 2.22. The van der Waals surface area contributed by atoms with Crippen LogP contribution in [0, 0.1) is 20.8 Å². The summed E-state index contributed by atoms with van der Waals surface area (Å²) in [4.78, 5) is 0. The van der Waals surface area contributed by atoms with Gasteiger partial charge in [-0.15, -0.1) is 0 Å². The standard InChI is InChI=1S/C23H20/c1-15-9-11-19-20-12-10-16(2)14-22(20)23(17(3)21(19)13-15)18-7-5-4-6-8-18/h4-14H,1-3H3. The lowest BCUT2D eigenvalue weighted by Crippen LogP contribution is -1.91. The van der Waals surface area contributed by atoms with Crippen LogP contribution in [-0.2, 0) is 0 Å². The summed E-state index contributed by atoms with van der Waals surface area (Å²) in [5, 5.41) is 5.41. The first-order chi connectivity index (χ1) is 11.1. The monoisotopic (exact) mass is 296 g/mol. The largest absolute Gasteiger partial charge is 0.0622 e. The van der Waals surface area contributed by atoms with E-state index < -0.39 is 0 Å². The molecular weight excluding hydrogens is 276 g/mol. The molecule has 4 rings (SSSR count). The second-order valence-electron chi connectivity index (χ2n) is 6.46. The van der Waals surface area contributed by atoms with Crippen molar-refractivity contribution in [2.45, 2.75) is 20.8 Å². The summed E-state index contributed by atoms with van der Waals surface area (Å²) in [6.07, 6.45) is 0. The van der Waals surface area contributed by atoms with Gasteiger partial charge in [0.2, 0.25) is 0 Å². The zero-order chi connectivity index (χ0) is 16.0.